The first kappa shape index (κ1) is 22.5. The average molecular weight is 382 g/mol. The molecule has 0 radical (unpaired) electrons. The van der Waals surface area contributed by atoms with E-state index < -0.39 is 11.5 Å². The van der Waals surface area contributed by atoms with E-state index >= 15 is 0 Å². The molecule has 146 valence electrons. The molecule has 1 fully saturated rings. The summed E-state index contributed by atoms with van der Waals surface area (Å²) in [5.41, 5.74) is 6.43. The molecule has 0 spiro atoms. The van der Waals surface area contributed by atoms with Gasteiger partial charge in [-0.2, -0.15) is 0 Å². The van der Waals surface area contributed by atoms with Crippen molar-refractivity contribution in [2.75, 3.05) is 6.54 Å². The van der Waals surface area contributed by atoms with Crippen molar-refractivity contribution < 1.29 is 9.59 Å². The van der Waals surface area contributed by atoms with Crippen molar-refractivity contribution >= 4 is 24.2 Å². The Morgan fingerprint density at radius 3 is 2.35 bits per heavy atom. The summed E-state index contributed by atoms with van der Waals surface area (Å²) in [5.74, 6) is -0.604. The van der Waals surface area contributed by atoms with Gasteiger partial charge in [0, 0.05) is 12.6 Å². The maximum atomic E-state index is 12.8. The summed E-state index contributed by atoms with van der Waals surface area (Å²) in [5, 5.41) is 6.02. The van der Waals surface area contributed by atoms with Gasteiger partial charge < -0.3 is 16.4 Å². The summed E-state index contributed by atoms with van der Waals surface area (Å²) in [4.78, 5) is 25.6. The standard InChI is InChI=1S/C20H31N3O2.ClH/c1-3-14-22-19(25)20(12-8-5-9-13-20)23-18(24)15(2)17(21)16-10-6-4-7-11-16;/h4,6-7,10-11,15,17H,3,5,8-9,12-14,21H2,1-2H3,(H,22,25)(H,23,24);1H. The molecule has 4 N–H and O–H groups in total. The van der Waals surface area contributed by atoms with Gasteiger partial charge in [0.05, 0.1) is 5.92 Å². The van der Waals surface area contributed by atoms with Crippen molar-refractivity contribution in [3.05, 3.63) is 35.9 Å². The van der Waals surface area contributed by atoms with Crippen LogP contribution in [-0.4, -0.2) is 23.9 Å². The van der Waals surface area contributed by atoms with Gasteiger partial charge in [0.2, 0.25) is 11.8 Å². The number of rotatable bonds is 7. The largest absolute Gasteiger partial charge is 0.354 e. The fourth-order valence-corrected chi connectivity index (χ4v) is 3.45. The molecule has 2 unspecified atom stereocenters. The molecule has 1 saturated carbocycles. The topological polar surface area (TPSA) is 84.2 Å². The Hall–Kier alpha value is -1.59. The van der Waals surface area contributed by atoms with Crippen molar-refractivity contribution in [3.8, 4) is 0 Å². The first-order chi connectivity index (χ1) is 12.0. The van der Waals surface area contributed by atoms with Gasteiger partial charge in [0.1, 0.15) is 5.54 Å². The molecule has 0 aliphatic heterocycles. The fourth-order valence-electron chi connectivity index (χ4n) is 3.45. The Labute approximate surface area is 162 Å². The first-order valence-electron chi connectivity index (χ1n) is 9.41. The Balaban J connectivity index is 0.00000338. The Bertz CT molecular complexity index is 574. The van der Waals surface area contributed by atoms with Gasteiger partial charge in [0.15, 0.2) is 0 Å². The lowest BCUT2D eigenvalue weighted by Crippen LogP contribution is -2.61. The molecule has 0 saturated heterocycles. The normalized spacial score (nSPS) is 18.1. The van der Waals surface area contributed by atoms with Crippen LogP contribution in [0.15, 0.2) is 30.3 Å². The second kappa shape index (κ2) is 10.5. The second-order valence-corrected chi connectivity index (χ2v) is 7.11. The zero-order chi connectivity index (χ0) is 18.3. The lowest BCUT2D eigenvalue weighted by atomic mass is 9.80. The van der Waals surface area contributed by atoms with Crippen molar-refractivity contribution in [1.29, 1.82) is 0 Å². The molecule has 5 nitrogen and oxygen atoms in total. The number of hydrogen-bond donors (Lipinski definition) is 3. The number of carbonyl (C=O) groups excluding carboxylic acids is 2. The lowest BCUT2D eigenvalue weighted by Gasteiger charge is -2.38. The molecular weight excluding hydrogens is 350 g/mol. The van der Waals surface area contributed by atoms with E-state index in [9.17, 15) is 9.59 Å². The van der Waals surface area contributed by atoms with E-state index in [1.165, 1.54) is 0 Å². The fraction of sp³-hybridized carbons (Fsp3) is 0.600. The highest BCUT2D eigenvalue weighted by Gasteiger charge is 2.41. The second-order valence-electron chi connectivity index (χ2n) is 7.11. The summed E-state index contributed by atoms with van der Waals surface area (Å²) in [6, 6.07) is 9.23. The minimum atomic E-state index is -0.783. The van der Waals surface area contributed by atoms with Crippen LogP contribution in [0.1, 0.15) is 64.0 Å². The van der Waals surface area contributed by atoms with Crippen LogP contribution < -0.4 is 16.4 Å². The predicted molar refractivity (Wildman–Crippen MR) is 107 cm³/mol. The van der Waals surface area contributed by atoms with Crippen molar-refractivity contribution in [1.82, 2.24) is 10.6 Å². The molecule has 1 aromatic rings. The van der Waals surface area contributed by atoms with E-state index in [4.69, 9.17) is 5.73 Å². The minimum absolute atomic E-state index is 0. The first-order valence-corrected chi connectivity index (χ1v) is 9.41. The number of hydrogen-bond acceptors (Lipinski definition) is 3. The number of nitrogens with two attached hydrogens (primary N) is 1. The third-order valence-corrected chi connectivity index (χ3v) is 5.18. The van der Waals surface area contributed by atoms with Crippen LogP contribution in [0.2, 0.25) is 0 Å². The van der Waals surface area contributed by atoms with Gasteiger partial charge in [0.25, 0.3) is 0 Å². The van der Waals surface area contributed by atoms with Gasteiger partial charge in [-0.05, 0) is 24.8 Å². The number of amides is 2. The summed E-state index contributed by atoms with van der Waals surface area (Å²) in [6.07, 6.45) is 5.30. The van der Waals surface area contributed by atoms with Crippen LogP contribution in [0.25, 0.3) is 0 Å². The van der Waals surface area contributed by atoms with Gasteiger partial charge in [-0.3, -0.25) is 9.59 Å². The number of halogens is 1. The summed E-state index contributed by atoms with van der Waals surface area (Å²) < 4.78 is 0. The molecule has 2 atom stereocenters. The Kier molecular flexibility index (Phi) is 9.09. The van der Waals surface area contributed by atoms with E-state index in [1.54, 1.807) is 0 Å². The molecule has 1 aliphatic rings. The maximum Gasteiger partial charge on any atom is 0.245 e. The summed E-state index contributed by atoms with van der Waals surface area (Å²) >= 11 is 0. The number of benzene rings is 1. The molecule has 26 heavy (non-hydrogen) atoms. The maximum absolute atomic E-state index is 12.8. The zero-order valence-electron chi connectivity index (χ0n) is 15.8. The van der Waals surface area contributed by atoms with Crippen LogP contribution in [-0.2, 0) is 9.59 Å². The van der Waals surface area contributed by atoms with Crippen LogP contribution in [0.3, 0.4) is 0 Å². The van der Waals surface area contributed by atoms with E-state index in [2.05, 4.69) is 10.6 Å². The van der Waals surface area contributed by atoms with E-state index in [0.717, 1.165) is 31.2 Å². The summed E-state index contributed by atoms with van der Waals surface area (Å²) in [7, 11) is 0. The van der Waals surface area contributed by atoms with E-state index in [0.29, 0.717) is 19.4 Å². The molecule has 0 aromatic heterocycles. The zero-order valence-corrected chi connectivity index (χ0v) is 16.6. The van der Waals surface area contributed by atoms with Crippen molar-refractivity contribution in [2.24, 2.45) is 11.7 Å². The van der Waals surface area contributed by atoms with Crippen molar-refractivity contribution in [3.63, 3.8) is 0 Å². The highest BCUT2D eigenvalue weighted by atomic mass is 35.5. The van der Waals surface area contributed by atoms with E-state index in [-0.39, 0.29) is 30.3 Å². The molecule has 6 heteroatoms. The molecule has 2 amide bonds. The van der Waals surface area contributed by atoms with Gasteiger partial charge in [-0.25, -0.2) is 0 Å². The van der Waals surface area contributed by atoms with Crippen molar-refractivity contribution in [2.45, 2.75) is 64.0 Å². The quantitative estimate of drug-likeness (QED) is 0.678. The third kappa shape index (κ3) is 5.45. The van der Waals surface area contributed by atoms with E-state index in [1.807, 2.05) is 44.2 Å². The molecular formula is C20H32ClN3O2. The monoisotopic (exact) mass is 381 g/mol. The van der Waals surface area contributed by atoms with Crippen LogP contribution >= 0.6 is 12.4 Å². The van der Waals surface area contributed by atoms with Crippen LogP contribution in [0.4, 0.5) is 0 Å². The third-order valence-electron chi connectivity index (χ3n) is 5.18. The lowest BCUT2D eigenvalue weighted by molar-refractivity contribution is -0.137. The molecule has 2 rings (SSSR count). The Morgan fingerprint density at radius 1 is 1.15 bits per heavy atom. The predicted octanol–water partition coefficient (Wildman–Crippen LogP) is 3.09. The molecule has 0 bridgehead atoms. The smallest absolute Gasteiger partial charge is 0.245 e. The Morgan fingerprint density at radius 2 is 1.77 bits per heavy atom. The van der Waals surface area contributed by atoms with Gasteiger partial charge in [-0.15, -0.1) is 12.4 Å². The van der Waals surface area contributed by atoms with Crippen LogP contribution in [0, 0.1) is 5.92 Å². The number of nitrogens with one attached hydrogen (secondary N) is 2. The number of carbonyl (C=O) groups is 2. The SMILES string of the molecule is CCCNC(=O)C1(NC(=O)C(C)C(N)c2ccccc2)CCCCC1.Cl. The highest BCUT2D eigenvalue weighted by Crippen LogP contribution is 2.30. The highest BCUT2D eigenvalue weighted by molar-refractivity contribution is 5.92. The molecule has 1 aliphatic carbocycles. The summed E-state index contributed by atoms with van der Waals surface area (Å²) in [6.45, 7) is 4.48. The van der Waals surface area contributed by atoms with Gasteiger partial charge in [-0.1, -0.05) is 63.4 Å². The van der Waals surface area contributed by atoms with Crippen LogP contribution in [0.5, 0.6) is 0 Å². The molecule has 0 heterocycles. The minimum Gasteiger partial charge on any atom is -0.354 e. The molecule has 1 aromatic carbocycles. The average Bonchev–Trinajstić information content (AvgIpc) is 2.66. The van der Waals surface area contributed by atoms with Gasteiger partial charge >= 0.3 is 0 Å².